The van der Waals surface area contributed by atoms with E-state index in [4.69, 9.17) is 5.73 Å². The summed E-state index contributed by atoms with van der Waals surface area (Å²) in [5, 5.41) is 4.24. The third-order valence-corrected chi connectivity index (χ3v) is 3.84. The van der Waals surface area contributed by atoms with E-state index in [0.29, 0.717) is 0 Å². The van der Waals surface area contributed by atoms with E-state index in [2.05, 4.69) is 27.0 Å². The van der Waals surface area contributed by atoms with E-state index in [-0.39, 0.29) is 0 Å². The highest BCUT2D eigenvalue weighted by atomic mass is 15.3. The van der Waals surface area contributed by atoms with E-state index in [9.17, 15) is 0 Å². The number of rotatable bonds is 4. The minimum absolute atomic E-state index is 0.826. The highest BCUT2D eigenvalue weighted by Gasteiger charge is 2.16. The first-order valence-corrected chi connectivity index (χ1v) is 7.11. The number of nitrogens with two attached hydrogens (primary N) is 1. The van der Waals surface area contributed by atoms with Crippen LogP contribution in [0.5, 0.6) is 0 Å². The quantitative estimate of drug-likeness (QED) is 0.851. The Kier molecular flexibility index (Phi) is 3.87. The maximum absolute atomic E-state index is 5.73. The molecule has 106 valence electrons. The van der Waals surface area contributed by atoms with E-state index < -0.39 is 0 Å². The van der Waals surface area contributed by atoms with Crippen molar-refractivity contribution in [2.45, 2.75) is 6.54 Å². The van der Waals surface area contributed by atoms with Crippen molar-refractivity contribution in [3.63, 3.8) is 0 Å². The lowest BCUT2D eigenvalue weighted by Crippen LogP contribution is -2.47. The standard InChI is InChI=1S/C15H21N5/c16-14-2-4-15(5-3-14)19-11-8-18(9-12-19)10-13-20-7-1-6-17-20/h1-7H,8-13,16H2. The molecular weight excluding hydrogens is 250 g/mol. The van der Waals surface area contributed by atoms with Crippen molar-refractivity contribution < 1.29 is 0 Å². The van der Waals surface area contributed by atoms with Crippen molar-refractivity contribution in [3.8, 4) is 0 Å². The van der Waals surface area contributed by atoms with Crippen LogP contribution in [0.25, 0.3) is 0 Å². The van der Waals surface area contributed by atoms with Crippen LogP contribution >= 0.6 is 0 Å². The number of piperazine rings is 1. The molecule has 1 fully saturated rings. The Morgan fingerprint density at radius 2 is 1.75 bits per heavy atom. The van der Waals surface area contributed by atoms with Crippen LogP contribution < -0.4 is 10.6 Å². The third-order valence-electron chi connectivity index (χ3n) is 3.84. The minimum Gasteiger partial charge on any atom is -0.399 e. The summed E-state index contributed by atoms with van der Waals surface area (Å²) < 4.78 is 1.99. The molecule has 1 aliphatic heterocycles. The third kappa shape index (κ3) is 3.11. The summed E-state index contributed by atoms with van der Waals surface area (Å²) in [6.45, 7) is 6.38. The zero-order valence-electron chi connectivity index (χ0n) is 11.7. The van der Waals surface area contributed by atoms with Gasteiger partial charge in [0.05, 0.1) is 6.54 Å². The van der Waals surface area contributed by atoms with E-state index in [1.54, 1.807) is 0 Å². The molecule has 0 amide bonds. The van der Waals surface area contributed by atoms with Crippen LogP contribution in [0.2, 0.25) is 0 Å². The molecule has 2 N–H and O–H groups in total. The first kappa shape index (κ1) is 13.0. The Morgan fingerprint density at radius 1 is 1.00 bits per heavy atom. The predicted octanol–water partition coefficient (Wildman–Crippen LogP) is 1.29. The Balaban J connectivity index is 1.48. The molecule has 1 aromatic carbocycles. The number of aromatic nitrogens is 2. The molecular formula is C15H21N5. The fourth-order valence-electron chi connectivity index (χ4n) is 2.59. The normalized spacial score (nSPS) is 16.5. The van der Waals surface area contributed by atoms with Crippen molar-refractivity contribution in [2.75, 3.05) is 43.4 Å². The molecule has 0 unspecified atom stereocenters. The smallest absolute Gasteiger partial charge is 0.0536 e. The minimum atomic E-state index is 0.826. The molecule has 20 heavy (non-hydrogen) atoms. The molecule has 5 nitrogen and oxygen atoms in total. The maximum atomic E-state index is 5.73. The Hall–Kier alpha value is -2.01. The van der Waals surface area contributed by atoms with Gasteiger partial charge in [-0.05, 0) is 30.3 Å². The summed E-state index contributed by atoms with van der Waals surface area (Å²) in [5.41, 5.74) is 7.82. The molecule has 2 heterocycles. The van der Waals surface area contributed by atoms with Gasteiger partial charge in [0.2, 0.25) is 0 Å². The van der Waals surface area contributed by atoms with Crippen molar-refractivity contribution in [1.82, 2.24) is 14.7 Å². The molecule has 0 saturated carbocycles. The van der Waals surface area contributed by atoms with Crippen molar-refractivity contribution in [2.24, 2.45) is 0 Å². The Bertz CT molecular complexity index is 512. The summed E-state index contributed by atoms with van der Waals surface area (Å²) in [7, 11) is 0. The van der Waals surface area contributed by atoms with Gasteiger partial charge in [0.1, 0.15) is 0 Å². The largest absolute Gasteiger partial charge is 0.399 e. The van der Waals surface area contributed by atoms with Crippen molar-refractivity contribution in [3.05, 3.63) is 42.7 Å². The predicted molar refractivity (Wildman–Crippen MR) is 81.7 cm³/mol. The van der Waals surface area contributed by atoms with Gasteiger partial charge < -0.3 is 10.6 Å². The fraction of sp³-hybridized carbons (Fsp3) is 0.400. The van der Waals surface area contributed by atoms with Gasteiger partial charge >= 0.3 is 0 Å². The molecule has 1 aliphatic rings. The van der Waals surface area contributed by atoms with E-state index in [1.165, 1.54) is 5.69 Å². The number of hydrogen-bond acceptors (Lipinski definition) is 4. The summed E-state index contributed by atoms with van der Waals surface area (Å²) in [6, 6.07) is 10.1. The zero-order chi connectivity index (χ0) is 13.8. The summed E-state index contributed by atoms with van der Waals surface area (Å²) in [5.74, 6) is 0. The van der Waals surface area contributed by atoms with Crippen molar-refractivity contribution >= 4 is 11.4 Å². The lowest BCUT2D eigenvalue weighted by atomic mass is 10.2. The Morgan fingerprint density at radius 3 is 2.40 bits per heavy atom. The molecule has 0 radical (unpaired) electrons. The van der Waals surface area contributed by atoms with E-state index in [1.807, 2.05) is 35.3 Å². The summed E-state index contributed by atoms with van der Waals surface area (Å²) in [6.07, 6.45) is 3.85. The average Bonchev–Trinajstić information content (AvgIpc) is 3.00. The SMILES string of the molecule is Nc1ccc(N2CCN(CCn3cccn3)CC2)cc1. The number of benzene rings is 1. The first-order valence-electron chi connectivity index (χ1n) is 7.11. The van der Waals surface area contributed by atoms with Crippen molar-refractivity contribution in [1.29, 1.82) is 0 Å². The van der Waals surface area contributed by atoms with Crippen LogP contribution in [0.3, 0.4) is 0 Å². The molecule has 0 aliphatic carbocycles. The number of nitrogens with zero attached hydrogens (tertiary/aromatic N) is 4. The molecule has 0 bridgehead atoms. The fourth-order valence-corrected chi connectivity index (χ4v) is 2.59. The second-order valence-electron chi connectivity index (χ2n) is 5.19. The summed E-state index contributed by atoms with van der Waals surface area (Å²) in [4.78, 5) is 4.92. The van der Waals surface area contributed by atoms with Crippen LogP contribution in [0.1, 0.15) is 0 Å². The topological polar surface area (TPSA) is 50.3 Å². The van der Waals surface area contributed by atoms with Gasteiger partial charge in [0.15, 0.2) is 0 Å². The van der Waals surface area contributed by atoms with Gasteiger partial charge in [-0.25, -0.2) is 0 Å². The highest BCUT2D eigenvalue weighted by Crippen LogP contribution is 2.17. The van der Waals surface area contributed by atoms with Crippen LogP contribution in [-0.2, 0) is 6.54 Å². The van der Waals surface area contributed by atoms with Gasteiger partial charge in [0.25, 0.3) is 0 Å². The van der Waals surface area contributed by atoms with Gasteiger partial charge in [0, 0.05) is 56.5 Å². The monoisotopic (exact) mass is 271 g/mol. The van der Waals surface area contributed by atoms with E-state index in [0.717, 1.165) is 45.0 Å². The molecule has 1 aromatic heterocycles. The summed E-state index contributed by atoms with van der Waals surface area (Å²) >= 11 is 0. The lowest BCUT2D eigenvalue weighted by molar-refractivity contribution is 0.244. The molecule has 3 rings (SSSR count). The lowest BCUT2D eigenvalue weighted by Gasteiger charge is -2.36. The number of hydrogen-bond donors (Lipinski definition) is 1. The molecule has 2 aromatic rings. The molecule has 5 heteroatoms. The van der Waals surface area contributed by atoms with Crippen LogP contribution in [0, 0.1) is 0 Å². The molecule has 0 spiro atoms. The second-order valence-corrected chi connectivity index (χ2v) is 5.19. The molecule has 1 saturated heterocycles. The van der Waals surface area contributed by atoms with Crippen LogP contribution in [0.15, 0.2) is 42.7 Å². The highest BCUT2D eigenvalue weighted by molar-refractivity contribution is 5.53. The van der Waals surface area contributed by atoms with Gasteiger partial charge in [-0.15, -0.1) is 0 Å². The average molecular weight is 271 g/mol. The van der Waals surface area contributed by atoms with Gasteiger partial charge in [-0.1, -0.05) is 0 Å². The first-order chi connectivity index (χ1) is 9.81. The second kappa shape index (κ2) is 5.96. The van der Waals surface area contributed by atoms with Gasteiger partial charge in [-0.3, -0.25) is 9.58 Å². The van der Waals surface area contributed by atoms with E-state index >= 15 is 0 Å². The maximum Gasteiger partial charge on any atom is 0.0536 e. The van der Waals surface area contributed by atoms with Crippen LogP contribution in [-0.4, -0.2) is 47.4 Å². The number of nitrogen functional groups attached to an aromatic ring is 1. The molecule has 0 atom stereocenters. The number of anilines is 2. The van der Waals surface area contributed by atoms with Gasteiger partial charge in [-0.2, -0.15) is 5.10 Å². The van der Waals surface area contributed by atoms with Crippen LogP contribution in [0.4, 0.5) is 11.4 Å². The Labute approximate surface area is 119 Å². The zero-order valence-corrected chi connectivity index (χ0v) is 11.7.